The van der Waals surface area contributed by atoms with Crippen LogP contribution in [0.5, 0.6) is 0 Å². The summed E-state index contributed by atoms with van der Waals surface area (Å²) in [6.45, 7) is 4.73. The summed E-state index contributed by atoms with van der Waals surface area (Å²) in [6, 6.07) is 54.2. The summed E-state index contributed by atoms with van der Waals surface area (Å²) < 4.78 is 2.42. The minimum absolute atomic E-state index is 0.134. The minimum atomic E-state index is -0.505. The molecule has 1 aliphatic rings. The van der Waals surface area contributed by atoms with Crippen molar-refractivity contribution in [3.8, 4) is 16.8 Å². The molecule has 0 aliphatic heterocycles. The topological polar surface area (TPSA) is 67.2 Å². The van der Waals surface area contributed by atoms with Crippen molar-refractivity contribution >= 4 is 44.1 Å². The summed E-state index contributed by atoms with van der Waals surface area (Å²) in [5.41, 5.74) is 18.9. The van der Waals surface area contributed by atoms with Crippen molar-refractivity contribution in [1.29, 1.82) is 5.41 Å². The van der Waals surface area contributed by atoms with Crippen LogP contribution in [0.25, 0.3) is 49.4 Å². The van der Waals surface area contributed by atoms with Crippen molar-refractivity contribution in [3.05, 3.63) is 186 Å². The van der Waals surface area contributed by atoms with Gasteiger partial charge in [-0.15, -0.1) is 0 Å². The number of nitrogens with one attached hydrogen (secondary N) is 1. The molecule has 9 rings (SSSR count). The predicted molar refractivity (Wildman–Crippen MR) is 209 cm³/mol. The van der Waals surface area contributed by atoms with Crippen molar-refractivity contribution in [2.24, 2.45) is 10.7 Å². The number of aliphatic imine (C=N–C) groups is 1. The van der Waals surface area contributed by atoms with Gasteiger partial charge in [-0.05, 0) is 57.0 Å². The third-order valence-electron chi connectivity index (χ3n) is 10.5. The van der Waals surface area contributed by atoms with E-state index < -0.39 is 6.04 Å². The van der Waals surface area contributed by atoms with Crippen LogP contribution in [0.2, 0.25) is 0 Å². The first-order valence-corrected chi connectivity index (χ1v) is 17.2. The molecule has 240 valence electrons. The number of amidine groups is 1. The van der Waals surface area contributed by atoms with E-state index in [0.717, 1.165) is 27.9 Å². The molecule has 1 aliphatic carbocycles. The SMILES string of the molecule is CC1(C)c2ccccc2-c2c1c1ccccc1c1c2c2ccccc2n1-c1ccc(/C(=N/C(=N)c2ccccc2)[C@@H](N)c2ccccc2)cc1. The highest BCUT2D eigenvalue weighted by Gasteiger charge is 2.39. The van der Waals surface area contributed by atoms with Crippen molar-refractivity contribution in [1.82, 2.24) is 4.57 Å². The first kappa shape index (κ1) is 30.0. The molecule has 0 saturated carbocycles. The van der Waals surface area contributed by atoms with Gasteiger partial charge in [0.05, 0.1) is 22.8 Å². The van der Waals surface area contributed by atoms with Crippen LogP contribution in [-0.4, -0.2) is 16.1 Å². The molecule has 8 aromatic rings. The van der Waals surface area contributed by atoms with Crippen LogP contribution in [0.3, 0.4) is 0 Å². The summed E-state index contributed by atoms with van der Waals surface area (Å²) in [5.74, 6) is 0.182. The number of nitrogens with zero attached hydrogens (tertiary/aromatic N) is 2. The fourth-order valence-corrected chi connectivity index (χ4v) is 8.18. The molecule has 4 nitrogen and oxygen atoms in total. The van der Waals surface area contributed by atoms with Crippen LogP contribution in [0.4, 0.5) is 0 Å². The average Bonchev–Trinajstić information content (AvgIpc) is 3.64. The smallest absolute Gasteiger partial charge is 0.152 e. The van der Waals surface area contributed by atoms with Crippen LogP contribution >= 0.6 is 0 Å². The summed E-state index contributed by atoms with van der Waals surface area (Å²) in [6.07, 6.45) is 0. The molecular formula is C46H36N4. The molecule has 7 aromatic carbocycles. The zero-order chi connectivity index (χ0) is 34.0. The number of hydrogen-bond acceptors (Lipinski definition) is 2. The van der Waals surface area contributed by atoms with E-state index in [0.29, 0.717) is 5.71 Å². The van der Waals surface area contributed by atoms with E-state index in [-0.39, 0.29) is 11.3 Å². The monoisotopic (exact) mass is 644 g/mol. The normalized spacial score (nSPS) is 14.2. The van der Waals surface area contributed by atoms with E-state index in [1.165, 1.54) is 49.3 Å². The van der Waals surface area contributed by atoms with E-state index in [4.69, 9.17) is 16.1 Å². The second-order valence-corrected chi connectivity index (χ2v) is 13.7. The molecule has 1 atom stereocenters. The van der Waals surface area contributed by atoms with Crippen LogP contribution in [0, 0.1) is 5.41 Å². The Balaban J connectivity index is 1.28. The van der Waals surface area contributed by atoms with Crippen molar-refractivity contribution in [2.75, 3.05) is 0 Å². The lowest BCUT2D eigenvalue weighted by atomic mass is 9.79. The number of rotatable bonds is 5. The van der Waals surface area contributed by atoms with Crippen LogP contribution < -0.4 is 5.73 Å². The number of benzene rings is 7. The van der Waals surface area contributed by atoms with Gasteiger partial charge in [0.15, 0.2) is 5.84 Å². The standard InChI is InChI=1S/C46H36N4/c1-46(2)37-23-13-11-21-35(37)39-40-36-22-12-14-24-38(36)50(44(40)34-20-10-9-19-33(34)41(39)46)32-27-25-30(26-28-32)43(42(47)29-15-5-3-6-16-29)49-45(48)31-17-7-4-8-18-31/h3-28,42,48H,47H2,1-2H3/b48-45?,49-43-/t42-/m0/s1. The largest absolute Gasteiger partial charge is 0.319 e. The third-order valence-corrected chi connectivity index (χ3v) is 10.5. The van der Waals surface area contributed by atoms with E-state index in [9.17, 15) is 0 Å². The highest BCUT2D eigenvalue weighted by atomic mass is 15.0. The maximum Gasteiger partial charge on any atom is 0.152 e. The molecule has 0 bridgehead atoms. The van der Waals surface area contributed by atoms with Crippen LogP contribution in [0.1, 0.15) is 47.7 Å². The van der Waals surface area contributed by atoms with Gasteiger partial charge in [-0.25, -0.2) is 4.99 Å². The molecular weight excluding hydrogens is 609 g/mol. The molecule has 0 amide bonds. The molecule has 3 N–H and O–H groups in total. The lowest BCUT2D eigenvalue weighted by Crippen LogP contribution is -2.24. The van der Waals surface area contributed by atoms with Crippen LogP contribution in [0.15, 0.2) is 163 Å². The highest BCUT2D eigenvalue weighted by Crippen LogP contribution is 2.56. The van der Waals surface area contributed by atoms with Crippen molar-refractivity contribution in [3.63, 3.8) is 0 Å². The van der Waals surface area contributed by atoms with Gasteiger partial charge >= 0.3 is 0 Å². The molecule has 0 fully saturated rings. The van der Waals surface area contributed by atoms with Gasteiger partial charge in [0.25, 0.3) is 0 Å². The fraction of sp³-hybridized carbons (Fsp3) is 0.0870. The molecule has 1 aromatic heterocycles. The summed E-state index contributed by atoms with van der Waals surface area (Å²) in [5, 5.41) is 13.9. The van der Waals surface area contributed by atoms with Crippen molar-refractivity contribution in [2.45, 2.75) is 25.3 Å². The van der Waals surface area contributed by atoms with Gasteiger partial charge in [-0.1, -0.05) is 153 Å². The zero-order valence-corrected chi connectivity index (χ0v) is 28.1. The lowest BCUT2D eigenvalue weighted by molar-refractivity contribution is 0.666. The molecule has 0 spiro atoms. The van der Waals surface area contributed by atoms with Gasteiger partial charge in [0, 0.05) is 32.8 Å². The lowest BCUT2D eigenvalue weighted by Gasteiger charge is -2.24. The summed E-state index contributed by atoms with van der Waals surface area (Å²) in [4.78, 5) is 4.87. The maximum atomic E-state index is 8.87. The number of hydrogen-bond donors (Lipinski definition) is 2. The van der Waals surface area contributed by atoms with Gasteiger partial charge < -0.3 is 10.3 Å². The molecule has 0 unspecified atom stereocenters. The Morgan fingerprint density at radius 1 is 0.640 bits per heavy atom. The van der Waals surface area contributed by atoms with E-state index >= 15 is 0 Å². The predicted octanol–water partition coefficient (Wildman–Crippen LogP) is 10.8. The Labute approximate surface area is 291 Å². The number of para-hydroxylation sites is 1. The Morgan fingerprint density at radius 3 is 1.98 bits per heavy atom. The quantitative estimate of drug-likeness (QED) is 0.142. The molecule has 0 radical (unpaired) electrons. The molecule has 0 saturated heterocycles. The maximum absolute atomic E-state index is 8.87. The number of nitrogens with two attached hydrogens (primary N) is 1. The molecule has 1 heterocycles. The average molecular weight is 645 g/mol. The van der Waals surface area contributed by atoms with Gasteiger partial charge in [0.1, 0.15) is 0 Å². The first-order valence-electron chi connectivity index (χ1n) is 17.2. The minimum Gasteiger partial charge on any atom is -0.319 e. The number of fused-ring (bicyclic) bond motifs is 10. The Bertz CT molecular complexity index is 2630. The Morgan fingerprint density at radius 2 is 1.24 bits per heavy atom. The Kier molecular flexibility index (Phi) is 6.90. The van der Waals surface area contributed by atoms with Crippen LogP contribution in [-0.2, 0) is 5.41 Å². The second kappa shape index (κ2) is 11.5. The van der Waals surface area contributed by atoms with Crippen molar-refractivity contribution < 1.29 is 0 Å². The summed E-state index contributed by atoms with van der Waals surface area (Å²) in [7, 11) is 0. The van der Waals surface area contributed by atoms with Gasteiger partial charge in [-0.3, -0.25) is 5.41 Å². The summed E-state index contributed by atoms with van der Waals surface area (Å²) >= 11 is 0. The van der Waals surface area contributed by atoms with E-state index in [1.807, 2.05) is 60.7 Å². The van der Waals surface area contributed by atoms with Gasteiger partial charge in [0.2, 0.25) is 0 Å². The second-order valence-electron chi connectivity index (χ2n) is 13.7. The molecule has 4 heteroatoms. The Hall–Kier alpha value is -6.10. The third kappa shape index (κ3) is 4.49. The van der Waals surface area contributed by atoms with Gasteiger partial charge in [-0.2, -0.15) is 0 Å². The fourth-order valence-electron chi connectivity index (χ4n) is 8.18. The van der Waals surface area contributed by atoms with E-state index in [1.54, 1.807) is 0 Å². The number of aromatic nitrogens is 1. The van der Waals surface area contributed by atoms with E-state index in [2.05, 4.69) is 115 Å². The molecule has 50 heavy (non-hydrogen) atoms. The zero-order valence-electron chi connectivity index (χ0n) is 28.1. The first-order chi connectivity index (χ1) is 24.4. The highest BCUT2D eigenvalue weighted by molar-refractivity contribution is 6.27.